The predicted molar refractivity (Wildman–Crippen MR) is 126 cm³/mol. The Morgan fingerprint density at radius 2 is 1.88 bits per heavy atom. The van der Waals surface area contributed by atoms with Gasteiger partial charge in [-0.2, -0.15) is 5.10 Å². The smallest absolute Gasteiger partial charge is 0.162 e. The van der Waals surface area contributed by atoms with E-state index >= 15 is 0 Å². The topological polar surface area (TPSA) is 70.7 Å². The molecule has 0 saturated heterocycles. The van der Waals surface area contributed by atoms with E-state index in [1.807, 2.05) is 18.2 Å². The lowest BCUT2D eigenvalue weighted by atomic mass is 9.68. The number of anilines is 1. The van der Waals surface area contributed by atoms with Gasteiger partial charge in [0.25, 0.3) is 0 Å². The molecule has 2 aromatic carbocycles. The van der Waals surface area contributed by atoms with Crippen molar-refractivity contribution in [3.05, 3.63) is 89.1 Å². The van der Waals surface area contributed by atoms with Gasteiger partial charge in [0.2, 0.25) is 0 Å². The van der Waals surface area contributed by atoms with Crippen LogP contribution in [0.15, 0.2) is 72.2 Å². The molecule has 0 bridgehead atoms. The van der Waals surface area contributed by atoms with E-state index in [0.29, 0.717) is 6.42 Å². The van der Waals surface area contributed by atoms with Gasteiger partial charge in [-0.05, 0) is 59.9 Å². The van der Waals surface area contributed by atoms with Crippen molar-refractivity contribution in [3.8, 4) is 11.3 Å². The summed E-state index contributed by atoms with van der Waals surface area (Å²) < 4.78 is 13.6. The number of halogens is 1. The molecule has 33 heavy (non-hydrogen) atoms. The van der Waals surface area contributed by atoms with E-state index in [9.17, 15) is 9.18 Å². The van der Waals surface area contributed by atoms with Crippen molar-refractivity contribution in [2.45, 2.75) is 32.6 Å². The number of ketones is 1. The molecule has 1 aliphatic carbocycles. The number of hydrogen-bond acceptors (Lipinski definition) is 4. The van der Waals surface area contributed by atoms with Crippen LogP contribution in [0.3, 0.4) is 0 Å². The normalized spacial score (nSPS) is 19.2. The summed E-state index contributed by atoms with van der Waals surface area (Å²) in [7, 11) is 0. The molecule has 0 radical (unpaired) electrons. The second-order valence-corrected chi connectivity index (χ2v) is 9.70. The zero-order chi connectivity index (χ0) is 22.7. The van der Waals surface area contributed by atoms with E-state index in [1.54, 1.807) is 24.5 Å². The molecule has 2 aromatic heterocycles. The van der Waals surface area contributed by atoms with E-state index < -0.39 is 0 Å². The Morgan fingerprint density at radius 3 is 2.70 bits per heavy atom. The van der Waals surface area contributed by atoms with Crippen molar-refractivity contribution in [3.63, 3.8) is 0 Å². The number of hydrogen-bond donors (Lipinski definition) is 2. The molecule has 164 valence electrons. The van der Waals surface area contributed by atoms with Gasteiger partial charge in [0.1, 0.15) is 5.82 Å². The van der Waals surface area contributed by atoms with Gasteiger partial charge in [-0.3, -0.25) is 14.9 Å². The molecule has 3 heterocycles. The summed E-state index contributed by atoms with van der Waals surface area (Å²) >= 11 is 0. The fraction of sp³-hybridized carbons (Fsp3) is 0.222. The molecule has 0 fully saturated rings. The number of rotatable bonds is 2. The summed E-state index contributed by atoms with van der Waals surface area (Å²) in [6.07, 6.45) is 4.86. The van der Waals surface area contributed by atoms with E-state index in [0.717, 1.165) is 56.7 Å². The Bertz CT molecular complexity index is 1450. The first-order valence-electron chi connectivity index (χ1n) is 11.1. The van der Waals surface area contributed by atoms with Crippen molar-refractivity contribution in [2.24, 2.45) is 5.41 Å². The molecular formula is C27H23FN4O. The van der Waals surface area contributed by atoms with Crippen molar-refractivity contribution in [1.29, 1.82) is 0 Å². The maximum absolute atomic E-state index is 13.6. The number of benzene rings is 2. The van der Waals surface area contributed by atoms with Crippen LogP contribution in [0, 0.1) is 11.2 Å². The number of H-pyrrole nitrogens is 1. The highest BCUT2D eigenvalue weighted by molar-refractivity contribution is 6.04. The number of aromatic nitrogens is 3. The molecule has 2 N–H and O–H groups in total. The van der Waals surface area contributed by atoms with Crippen LogP contribution >= 0.6 is 0 Å². The van der Waals surface area contributed by atoms with E-state index in [1.165, 1.54) is 12.1 Å². The first kappa shape index (κ1) is 19.9. The lowest BCUT2D eigenvalue weighted by molar-refractivity contribution is -0.118. The average molecular weight is 439 g/mol. The van der Waals surface area contributed by atoms with Crippen LogP contribution < -0.4 is 5.32 Å². The third-order valence-electron chi connectivity index (χ3n) is 6.72. The molecular weight excluding hydrogens is 415 g/mol. The third kappa shape index (κ3) is 3.17. The van der Waals surface area contributed by atoms with Crippen LogP contribution in [0.2, 0.25) is 0 Å². The van der Waals surface area contributed by atoms with Crippen LogP contribution in [0.25, 0.3) is 22.2 Å². The quantitative estimate of drug-likeness (QED) is 0.405. The number of allylic oxidation sites excluding steroid dienone is 2. The van der Waals surface area contributed by atoms with E-state index in [4.69, 9.17) is 0 Å². The van der Waals surface area contributed by atoms with E-state index in [2.05, 4.69) is 40.4 Å². The number of fused-ring (bicyclic) bond motifs is 3. The van der Waals surface area contributed by atoms with Gasteiger partial charge >= 0.3 is 0 Å². The molecule has 1 atom stereocenters. The van der Waals surface area contributed by atoms with Crippen LogP contribution in [0.5, 0.6) is 0 Å². The molecule has 1 aliphatic heterocycles. The van der Waals surface area contributed by atoms with Crippen LogP contribution in [-0.4, -0.2) is 21.0 Å². The van der Waals surface area contributed by atoms with Crippen LogP contribution in [0.4, 0.5) is 10.1 Å². The zero-order valence-corrected chi connectivity index (χ0v) is 18.4. The minimum absolute atomic E-state index is 0.112. The van der Waals surface area contributed by atoms with Crippen molar-refractivity contribution >= 4 is 22.4 Å². The first-order chi connectivity index (χ1) is 15.9. The van der Waals surface area contributed by atoms with Gasteiger partial charge in [0.05, 0.1) is 17.4 Å². The Labute approximate surface area is 190 Å². The average Bonchev–Trinajstić information content (AvgIpc) is 3.26. The summed E-state index contributed by atoms with van der Waals surface area (Å²) in [5.74, 6) is -0.443. The number of nitrogens with one attached hydrogen (secondary N) is 2. The highest BCUT2D eigenvalue weighted by Crippen LogP contribution is 2.51. The predicted octanol–water partition coefficient (Wildman–Crippen LogP) is 5.96. The molecule has 6 heteroatoms. The summed E-state index contributed by atoms with van der Waals surface area (Å²) in [5.41, 5.74) is 7.06. The molecule has 4 aromatic rings. The minimum Gasteiger partial charge on any atom is -0.358 e. The SMILES string of the molecule is CC1(C)CC(=O)C2=C(C1)Nc1ccc3ncccc3c1[C@H]2c1cn[nH]c1-c1ccc(F)cc1. The number of carbonyl (C=O) groups excluding carboxylic acids is 1. The Balaban J connectivity index is 1.64. The Morgan fingerprint density at radius 1 is 1.06 bits per heavy atom. The first-order valence-corrected chi connectivity index (χ1v) is 11.1. The summed E-state index contributed by atoms with van der Waals surface area (Å²) in [4.78, 5) is 18.1. The maximum atomic E-state index is 13.6. The molecule has 0 saturated carbocycles. The molecule has 6 rings (SSSR count). The van der Waals surface area contributed by atoms with Crippen LogP contribution in [-0.2, 0) is 4.79 Å². The molecule has 0 spiro atoms. The minimum atomic E-state index is -0.299. The lowest BCUT2D eigenvalue weighted by Crippen LogP contribution is -2.34. The standard InChI is InChI=1S/C27H23FN4O/c1-27(2)12-21-25(22(33)13-27)24(18-14-30-32-26(18)15-5-7-16(28)8-6-15)23-17-4-3-11-29-19(17)9-10-20(23)31-21/h3-11,14,24,31H,12-13H2,1-2H3,(H,30,32)/t24-/m1/s1. The van der Waals surface area contributed by atoms with Gasteiger partial charge in [-0.15, -0.1) is 0 Å². The van der Waals surface area contributed by atoms with Crippen LogP contribution in [0.1, 0.15) is 43.7 Å². The second kappa shape index (κ2) is 7.10. The van der Waals surface area contributed by atoms with Gasteiger partial charge in [0.15, 0.2) is 5.78 Å². The van der Waals surface area contributed by atoms with Gasteiger partial charge in [-0.25, -0.2) is 4.39 Å². The largest absolute Gasteiger partial charge is 0.358 e. The van der Waals surface area contributed by atoms with E-state index in [-0.39, 0.29) is 22.9 Å². The van der Waals surface area contributed by atoms with Gasteiger partial charge in [0, 0.05) is 52.0 Å². The molecule has 5 nitrogen and oxygen atoms in total. The Kier molecular flexibility index (Phi) is 4.27. The van der Waals surface area contributed by atoms with Gasteiger partial charge in [-0.1, -0.05) is 19.9 Å². The van der Waals surface area contributed by atoms with Crippen molar-refractivity contribution < 1.29 is 9.18 Å². The number of Topliss-reactive ketones (excluding diaryl/α,β-unsaturated/α-hetero) is 1. The highest BCUT2D eigenvalue weighted by atomic mass is 19.1. The number of pyridine rings is 1. The number of carbonyl (C=O) groups is 1. The highest BCUT2D eigenvalue weighted by Gasteiger charge is 2.42. The summed E-state index contributed by atoms with van der Waals surface area (Å²) in [6.45, 7) is 4.26. The monoisotopic (exact) mass is 438 g/mol. The lowest BCUT2D eigenvalue weighted by Gasteiger charge is -2.39. The summed E-state index contributed by atoms with van der Waals surface area (Å²) in [6, 6.07) is 14.4. The maximum Gasteiger partial charge on any atom is 0.162 e. The molecule has 2 aliphatic rings. The van der Waals surface area contributed by atoms with Crippen molar-refractivity contribution in [2.75, 3.05) is 5.32 Å². The fourth-order valence-corrected chi connectivity index (χ4v) is 5.36. The fourth-order valence-electron chi connectivity index (χ4n) is 5.36. The second-order valence-electron chi connectivity index (χ2n) is 9.70. The van der Waals surface area contributed by atoms with Crippen molar-refractivity contribution in [1.82, 2.24) is 15.2 Å². The number of aromatic amines is 1. The number of nitrogens with zero attached hydrogens (tertiary/aromatic N) is 2. The third-order valence-corrected chi connectivity index (χ3v) is 6.72. The zero-order valence-electron chi connectivity index (χ0n) is 18.4. The van der Waals surface area contributed by atoms with Gasteiger partial charge < -0.3 is 5.32 Å². The Hall–Kier alpha value is -3.80. The molecule has 0 unspecified atom stereocenters. The molecule has 0 amide bonds. The summed E-state index contributed by atoms with van der Waals surface area (Å²) in [5, 5.41) is 12.0.